The van der Waals surface area contributed by atoms with E-state index in [0.717, 1.165) is 16.5 Å². The van der Waals surface area contributed by atoms with Gasteiger partial charge in [-0.15, -0.1) is 0 Å². The van der Waals surface area contributed by atoms with E-state index in [9.17, 15) is 9.59 Å². The first-order valence-corrected chi connectivity index (χ1v) is 7.42. The van der Waals surface area contributed by atoms with Crippen LogP contribution >= 0.6 is 0 Å². The minimum absolute atomic E-state index is 0.131. The summed E-state index contributed by atoms with van der Waals surface area (Å²) in [6.45, 7) is 3.37. The van der Waals surface area contributed by atoms with Gasteiger partial charge in [0, 0.05) is 25.8 Å². The van der Waals surface area contributed by atoms with Gasteiger partial charge in [-0.1, -0.05) is 42.5 Å². The van der Waals surface area contributed by atoms with Crippen molar-refractivity contribution >= 4 is 22.7 Å². The minimum atomic E-state index is -0.435. The second-order valence-electron chi connectivity index (χ2n) is 5.42. The number of benzene rings is 2. The van der Waals surface area contributed by atoms with Crippen LogP contribution in [-0.4, -0.2) is 16.3 Å². The fourth-order valence-corrected chi connectivity index (χ4v) is 2.80. The third-order valence-electron chi connectivity index (χ3n) is 3.69. The summed E-state index contributed by atoms with van der Waals surface area (Å²) < 4.78 is 7.27. The van der Waals surface area contributed by atoms with E-state index >= 15 is 0 Å². The number of para-hydroxylation sites is 1. The number of carbonyl (C=O) groups is 2. The van der Waals surface area contributed by atoms with Crippen LogP contribution in [0.4, 0.5) is 0 Å². The molecule has 0 bridgehead atoms. The smallest absolute Gasteiger partial charge is 0.308 e. The Bertz CT molecular complexity index is 878. The maximum Gasteiger partial charge on any atom is 0.308 e. The van der Waals surface area contributed by atoms with Crippen LogP contribution in [0.15, 0.2) is 54.6 Å². The molecule has 1 aromatic heterocycles. The van der Waals surface area contributed by atoms with Crippen LogP contribution in [0.2, 0.25) is 0 Å². The van der Waals surface area contributed by atoms with Gasteiger partial charge in [-0.25, -0.2) is 0 Å². The molecule has 0 saturated carbocycles. The summed E-state index contributed by atoms with van der Waals surface area (Å²) in [6.07, 6.45) is 0. The van der Waals surface area contributed by atoms with E-state index in [-0.39, 0.29) is 5.78 Å². The Kier molecular flexibility index (Phi) is 3.98. The molecule has 0 atom stereocenters. The largest absolute Gasteiger partial charge is 0.424 e. The van der Waals surface area contributed by atoms with Crippen LogP contribution in [0.25, 0.3) is 10.9 Å². The molecule has 0 radical (unpaired) electrons. The maximum atomic E-state index is 12.2. The van der Waals surface area contributed by atoms with Crippen LogP contribution in [0.1, 0.15) is 29.9 Å². The van der Waals surface area contributed by atoms with Gasteiger partial charge in [0.2, 0.25) is 0 Å². The molecule has 0 N–H and O–H groups in total. The molecular weight excluding hydrogens is 290 g/mol. The third kappa shape index (κ3) is 2.88. The Morgan fingerprint density at radius 2 is 1.61 bits per heavy atom. The number of ether oxygens (including phenoxy) is 1. The number of ketones is 1. The number of aromatic nitrogens is 1. The van der Waals surface area contributed by atoms with Gasteiger partial charge in [0.25, 0.3) is 0 Å². The standard InChI is InChI=1S/C19H17NO3/c1-13(21)18-19(23-14(2)22)16-10-6-7-11-17(16)20(18)12-15-8-4-3-5-9-15/h3-11H,12H2,1-2H3. The number of hydrogen-bond acceptors (Lipinski definition) is 3. The lowest BCUT2D eigenvalue weighted by molar-refractivity contribution is -0.131. The highest BCUT2D eigenvalue weighted by molar-refractivity contribution is 6.05. The molecule has 116 valence electrons. The van der Waals surface area contributed by atoms with Crippen molar-refractivity contribution in [3.63, 3.8) is 0 Å². The molecule has 0 aliphatic carbocycles. The highest BCUT2D eigenvalue weighted by atomic mass is 16.5. The first-order valence-electron chi connectivity index (χ1n) is 7.42. The Morgan fingerprint density at radius 3 is 2.26 bits per heavy atom. The summed E-state index contributed by atoms with van der Waals surface area (Å²) >= 11 is 0. The predicted octanol–water partition coefficient (Wildman–Crippen LogP) is 3.82. The van der Waals surface area contributed by atoms with Crippen molar-refractivity contribution in [2.45, 2.75) is 20.4 Å². The Labute approximate surface area is 134 Å². The van der Waals surface area contributed by atoms with E-state index in [1.165, 1.54) is 13.8 Å². The number of rotatable bonds is 4. The van der Waals surface area contributed by atoms with Crippen molar-refractivity contribution in [2.75, 3.05) is 0 Å². The monoisotopic (exact) mass is 307 g/mol. The maximum absolute atomic E-state index is 12.2. The van der Waals surface area contributed by atoms with Crippen molar-refractivity contribution in [3.8, 4) is 5.75 Å². The second kappa shape index (κ2) is 6.08. The molecular formula is C19H17NO3. The van der Waals surface area contributed by atoms with E-state index in [4.69, 9.17) is 4.74 Å². The first-order chi connectivity index (χ1) is 11.1. The number of nitrogens with zero attached hydrogens (tertiary/aromatic N) is 1. The Balaban J connectivity index is 2.24. The second-order valence-corrected chi connectivity index (χ2v) is 5.42. The van der Waals surface area contributed by atoms with Gasteiger partial charge in [-0.2, -0.15) is 0 Å². The fourth-order valence-electron chi connectivity index (χ4n) is 2.80. The summed E-state index contributed by atoms with van der Waals surface area (Å²) in [4.78, 5) is 23.7. The molecule has 0 aliphatic heterocycles. The highest BCUT2D eigenvalue weighted by Gasteiger charge is 2.22. The van der Waals surface area contributed by atoms with Crippen molar-refractivity contribution in [2.24, 2.45) is 0 Å². The molecule has 1 heterocycles. The molecule has 2 aromatic carbocycles. The molecule has 0 amide bonds. The number of fused-ring (bicyclic) bond motifs is 1. The average Bonchev–Trinajstić information content (AvgIpc) is 2.82. The number of esters is 1. The molecule has 0 saturated heterocycles. The SMILES string of the molecule is CC(=O)Oc1c(C(C)=O)n(Cc2ccccc2)c2ccccc12. The average molecular weight is 307 g/mol. The van der Waals surface area contributed by atoms with E-state index < -0.39 is 5.97 Å². The Morgan fingerprint density at radius 1 is 0.957 bits per heavy atom. The summed E-state index contributed by atoms with van der Waals surface area (Å²) in [6, 6.07) is 17.4. The molecule has 0 unspecified atom stereocenters. The molecule has 0 aliphatic rings. The summed E-state index contributed by atoms with van der Waals surface area (Å²) in [5.74, 6) is -0.222. The van der Waals surface area contributed by atoms with Gasteiger partial charge in [0.05, 0.1) is 5.52 Å². The lowest BCUT2D eigenvalue weighted by atomic mass is 10.2. The first kappa shape index (κ1) is 15.0. The quantitative estimate of drug-likeness (QED) is 0.544. The number of Topliss-reactive ketones (excluding diaryl/α,β-unsaturated/α-hetero) is 1. The van der Waals surface area contributed by atoms with Crippen molar-refractivity contribution in [3.05, 3.63) is 65.9 Å². The van der Waals surface area contributed by atoms with E-state index in [2.05, 4.69) is 0 Å². The zero-order valence-corrected chi connectivity index (χ0v) is 13.1. The zero-order chi connectivity index (χ0) is 16.4. The van der Waals surface area contributed by atoms with Crippen molar-refractivity contribution in [1.29, 1.82) is 0 Å². The highest BCUT2D eigenvalue weighted by Crippen LogP contribution is 2.34. The predicted molar refractivity (Wildman–Crippen MR) is 88.8 cm³/mol. The normalized spacial score (nSPS) is 10.7. The van der Waals surface area contributed by atoms with E-state index in [0.29, 0.717) is 18.0 Å². The van der Waals surface area contributed by atoms with Crippen LogP contribution in [0, 0.1) is 0 Å². The lowest BCUT2D eigenvalue weighted by Crippen LogP contribution is -2.11. The van der Waals surface area contributed by atoms with E-state index in [1.54, 1.807) is 0 Å². The van der Waals surface area contributed by atoms with Crippen LogP contribution < -0.4 is 4.74 Å². The zero-order valence-electron chi connectivity index (χ0n) is 13.1. The van der Waals surface area contributed by atoms with Gasteiger partial charge in [0.1, 0.15) is 5.69 Å². The molecule has 0 spiro atoms. The fraction of sp³-hybridized carbons (Fsp3) is 0.158. The summed E-state index contributed by atoms with van der Waals surface area (Å²) in [7, 11) is 0. The number of hydrogen-bond donors (Lipinski definition) is 0. The summed E-state index contributed by atoms with van der Waals surface area (Å²) in [5, 5.41) is 0.767. The van der Waals surface area contributed by atoms with Crippen LogP contribution in [0.3, 0.4) is 0 Å². The Hall–Kier alpha value is -2.88. The van der Waals surface area contributed by atoms with Gasteiger partial charge in [-0.05, 0) is 17.7 Å². The molecule has 4 nitrogen and oxygen atoms in total. The molecule has 3 rings (SSSR count). The van der Waals surface area contributed by atoms with Gasteiger partial charge in [0.15, 0.2) is 11.5 Å². The minimum Gasteiger partial charge on any atom is -0.424 e. The molecule has 3 aromatic rings. The van der Waals surface area contributed by atoms with Gasteiger partial charge >= 0.3 is 5.97 Å². The molecule has 4 heteroatoms. The lowest BCUT2D eigenvalue weighted by Gasteiger charge is -2.09. The van der Waals surface area contributed by atoms with Gasteiger partial charge in [-0.3, -0.25) is 9.59 Å². The molecule has 23 heavy (non-hydrogen) atoms. The topological polar surface area (TPSA) is 48.3 Å². The van der Waals surface area contributed by atoms with Crippen molar-refractivity contribution < 1.29 is 14.3 Å². The molecule has 0 fully saturated rings. The number of carbonyl (C=O) groups excluding carboxylic acids is 2. The van der Waals surface area contributed by atoms with Crippen molar-refractivity contribution in [1.82, 2.24) is 4.57 Å². The van der Waals surface area contributed by atoms with Crippen LogP contribution in [0.5, 0.6) is 5.75 Å². The third-order valence-corrected chi connectivity index (χ3v) is 3.69. The van der Waals surface area contributed by atoms with Gasteiger partial charge < -0.3 is 9.30 Å². The van der Waals surface area contributed by atoms with E-state index in [1.807, 2.05) is 59.2 Å². The summed E-state index contributed by atoms with van der Waals surface area (Å²) in [5.41, 5.74) is 2.37. The van der Waals surface area contributed by atoms with Crippen LogP contribution in [-0.2, 0) is 11.3 Å².